The standard InChI is InChI=1S/C15H18N2O3/c1-8-5-9(2)12(15(19)20-4)6-11(8)14-13(7-18)16-10(3)17-14/h5-6,18H,7H2,1-4H3,(H,16,17). The van der Waals surface area contributed by atoms with Gasteiger partial charge in [-0.05, 0) is 38.0 Å². The number of carbonyl (C=O) groups is 1. The van der Waals surface area contributed by atoms with Crippen molar-refractivity contribution in [3.63, 3.8) is 0 Å². The molecule has 0 atom stereocenters. The lowest BCUT2D eigenvalue weighted by Gasteiger charge is -2.11. The number of aromatic nitrogens is 2. The van der Waals surface area contributed by atoms with Gasteiger partial charge >= 0.3 is 5.97 Å². The topological polar surface area (TPSA) is 75.2 Å². The van der Waals surface area contributed by atoms with Gasteiger partial charge in [0.25, 0.3) is 0 Å². The Morgan fingerprint density at radius 2 is 2.00 bits per heavy atom. The van der Waals surface area contributed by atoms with Gasteiger partial charge in [0.1, 0.15) is 5.82 Å². The number of carbonyl (C=O) groups excluding carboxylic acids is 1. The SMILES string of the molecule is COC(=O)c1cc(-c2[nH]c(C)nc2CO)c(C)cc1C. The molecule has 0 fully saturated rings. The highest BCUT2D eigenvalue weighted by atomic mass is 16.5. The number of aromatic amines is 1. The van der Waals surface area contributed by atoms with Crippen molar-refractivity contribution in [1.29, 1.82) is 0 Å². The summed E-state index contributed by atoms with van der Waals surface area (Å²) < 4.78 is 4.80. The second-order valence-electron chi connectivity index (χ2n) is 4.78. The molecule has 0 spiro atoms. The second-order valence-corrected chi connectivity index (χ2v) is 4.78. The van der Waals surface area contributed by atoms with Crippen LogP contribution in [-0.2, 0) is 11.3 Å². The number of rotatable bonds is 3. The molecule has 0 unspecified atom stereocenters. The minimum Gasteiger partial charge on any atom is -0.465 e. The van der Waals surface area contributed by atoms with Crippen molar-refractivity contribution in [2.75, 3.05) is 7.11 Å². The average molecular weight is 274 g/mol. The molecule has 0 aliphatic carbocycles. The van der Waals surface area contributed by atoms with Gasteiger partial charge in [0.2, 0.25) is 0 Å². The molecular weight excluding hydrogens is 256 g/mol. The predicted molar refractivity (Wildman–Crippen MR) is 75.5 cm³/mol. The van der Waals surface area contributed by atoms with Crippen LogP contribution in [0.25, 0.3) is 11.3 Å². The van der Waals surface area contributed by atoms with Crippen LogP contribution in [0.3, 0.4) is 0 Å². The highest BCUT2D eigenvalue weighted by Gasteiger charge is 2.17. The third-order valence-corrected chi connectivity index (χ3v) is 3.29. The molecule has 0 saturated heterocycles. The molecular formula is C15H18N2O3. The number of benzene rings is 1. The molecule has 2 rings (SSSR count). The lowest BCUT2D eigenvalue weighted by Crippen LogP contribution is -2.05. The van der Waals surface area contributed by atoms with Crippen LogP contribution in [0.4, 0.5) is 0 Å². The van der Waals surface area contributed by atoms with Gasteiger partial charge in [-0.15, -0.1) is 0 Å². The summed E-state index contributed by atoms with van der Waals surface area (Å²) in [4.78, 5) is 19.2. The first-order chi connectivity index (χ1) is 9.47. The number of nitrogens with one attached hydrogen (secondary N) is 1. The Bertz CT molecular complexity index is 659. The maximum absolute atomic E-state index is 11.8. The van der Waals surface area contributed by atoms with Crippen molar-refractivity contribution in [3.05, 3.63) is 40.3 Å². The van der Waals surface area contributed by atoms with Crippen molar-refractivity contribution >= 4 is 5.97 Å². The van der Waals surface area contributed by atoms with Crippen molar-refractivity contribution in [1.82, 2.24) is 9.97 Å². The fourth-order valence-corrected chi connectivity index (χ4v) is 2.33. The molecule has 0 bridgehead atoms. The Kier molecular flexibility index (Phi) is 3.90. The monoisotopic (exact) mass is 274 g/mol. The highest BCUT2D eigenvalue weighted by Crippen LogP contribution is 2.28. The van der Waals surface area contributed by atoms with Gasteiger partial charge in [-0.3, -0.25) is 0 Å². The number of hydrogen-bond donors (Lipinski definition) is 2. The third-order valence-electron chi connectivity index (χ3n) is 3.29. The normalized spacial score (nSPS) is 10.7. The molecule has 20 heavy (non-hydrogen) atoms. The number of aryl methyl sites for hydroxylation is 3. The van der Waals surface area contributed by atoms with Gasteiger partial charge in [-0.1, -0.05) is 6.07 Å². The first-order valence-electron chi connectivity index (χ1n) is 6.34. The Hall–Kier alpha value is -2.14. The number of hydrogen-bond acceptors (Lipinski definition) is 4. The number of esters is 1. The van der Waals surface area contributed by atoms with Gasteiger partial charge < -0.3 is 14.8 Å². The number of aliphatic hydroxyl groups is 1. The van der Waals surface area contributed by atoms with Crippen LogP contribution in [0.2, 0.25) is 0 Å². The first kappa shape index (κ1) is 14.3. The fourth-order valence-electron chi connectivity index (χ4n) is 2.33. The molecule has 0 saturated carbocycles. The number of H-pyrrole nitrogens is 1. The number of ether oxygens (including phenoxy) is 1. The number of imidazole rings is 1. The van der Waals surface area contributed by atoms with E-state index in [2.05, 4.69) is 9.97 Å². The molecule has 5 heteroatoms. The van der Waals surface area contributed by atoms with E-state index >= 15 is 0 Å². The molecule has 1 aromatic heterocycles. The summed E-state index contributed by atoms with van der Waals surface area (Å²) in [6, 6.07) is 3.71. The molecule has 0 amide bonds. The van der Waals surface area contributed by atoms with E-state index in [1.165, 1.54) is 7.11 Å². The maximum Gasteiger partial charge on any atom is 0.338 e. The molecule has 1 heterocycles. The quantitative estimate of drug-likeness (QED) is 0.842. The summed E-state index contributed by atoms with van der Waals surface area (Å²) in [5.74, 6) is 0.356. The van der Waals surface area contributed by atoms with E-state index in [0.717, 1.165) is 28.2 Å². The largest absolute Gasteiger partial charge is 0.465 e. The predicted octanol–water partition coefficient (Wildman–Crippen LogP) is 2.28. The van der Waals surface area contributed by atoms with Gasteiger partial charge in [-0.25, -0.2) is 9.78 Å². The summed E-state index contributed by atoms with van der Waals surface area (Å²) in [7, 11) is 1.36. The molecule has 5 nitrogen and oxygen atoms in total. The Morgan fingerprint density at radius 1 is 1.30 bits per heavy atom. The van der Waals surface area contributed by atoms with E-state index in [-0.39, 0.29) is 12.6 Å². The zero-order valence-corrected chi connectivity index (χ0v) is 12.1. The molecule has 0 radical (unpaired) electrons. The fraction of sp³-hybridized carbons (Fsp3) is 0.333. The van der Waals surface area contributed by atoms with E-state index in [1.54, 1.807) is 6.07 Å². The Labute approximate surface area is 117 Å². The summed E-state index contributed by atoms with van der Waals surface area (Å²) in [6.07, 6.45) is 0. The molecule has 106 valence electrons. The Balaban J connectivity index is 2.64. The second kappa shape index (κ2) is 5.46. The van der Waals surface area contributed by atoms with Crippen LogP contribution >= 0.6 is 0 Å². The van der Waals surface area contributed by atoms with Gasteiger partial charge in [0.05, 0.1) is 30.7 Å². The molecule has 0 aliphatic heterocycles. The van der Waals surface area contributed by atoms with Crippen molar-refractivity contribution in [2.45, 2.75) is 27.4 Å². The summed E-state index contributed by atoms with van der Waals surface area (Å²) in [5, 5.41) is 9.39. The van der Waals surface area contributed by atoms with Crippen molar-refractivity contribution < 1.29 is 14.6 Å². The van der Waals surface area contributed by atoms with Crippen molar-refractivity contribution in [2.24, 2.45) is 0 Å². The van der Waals surface area contributed by atoms with Crippen LogP contribution in [0.15, 0.2) is 12.1 Å². The minimum atomic E-state index is -0.370. The summed E-state index contributed by atoms with van der Waals surface area (Å²) in [5.41, 5.74) is 4.55. The summed E-state index contributed by atoms with van der Waals surface area (Å²) in [6.45, 7) is 5.50. The highest BCUT2D eigenvalue weighted by molar-refractivity contribution is 5.93. The number of aliphatic hydroxyl groups excluding tert-OH is 1. The van der Waals surface area contributed by atoms with E-state index in [0.29, 0.717) is 11.3 Å². The number of methoxy groups -OCH3 is 1. The van der Waals surface area contributed by atoms with Crippen LogP contribution in [-0.4, -0.2) is 28.2 Å². The van der Waals surface area contributed by atoms with Gasteiger partial charge in [-0.2, -0.15) is 0 Å². The smallest absolute Gasteiger partial charge is 0.338 e. The third kappa shape index (κ3) is 2.44. The summed E-state index contributed by atoms with van der Waals surface area (Å²) >= 11 is 0. The van der Waals surface area contributed by atoms with Crippen LogP contribution in [0, 0.1) is 20.8 Å². The average Bonchev–Trinajstić information content (AvgIpc) is 2.79. The van der Waals surface area contributed by atoms with Crippen molar-refractivity contribution in [3.8, 4) is 11.3 Å². The number of nitrogens with zero attached hydrogens (tertiary/aromatic N) is 1. The Morgan fingerprint density at radius 3 is 2.60 bits per heavy atom. The molecule has 2 N–H and O–H groups in total. The van der Waals surface area contributed by atoms with E-state index in [4.69, 9.17) is 4.74 Å². The minimum absolute atomic E-state index is 0.152. The van der Waals surface area contributed by atoms with Gasteiger partial charge in [0, 0.05) is 5.56 Å². The lowest BCUT2D eigenvalue weighted by atomic mass is 9.97. The first-order valence-corrected chi connectivity index (χ1v) is 6.34. The van der Waals surface area contributed by atoms with E-state index < -0.39 is 0 Å². The van der Waals surface area contributed by atoms with Gasteiger partial charge in [0.15, 0.2) is 0 Å². The van der Waals surface area contributed by atoms with Crippen LogP contribution in [0.5, 0.6) is 0 Å². The van der Waals surface area contributed by atoms with E-state index in [9.17, 15) is 9.90 Å². The lowest BCUT2D eigenvalue weighted by molar-refractivity contribution is 0.0600. The van der Waals surface area contributed by atoms with E-state index in [1.807, 2.05) is 26.8 Å². The van der Waals surface area contributed by atoms with Crippen LogP contribution in [0.1, 0.15) is 33.0 Å². The molecule has 1 aromatic carbocycles. The molecule has 0 aliphatic rings. The molecule has 2 aromatic rings. The van der Waals surface area contributed by atoms with Crippen LogP contribution < -0.4 is 0 Å². The zero-order valence-electron chi connectivity index (χ0n) is 12.1. The zero-order chi connectivity index (χ0) is 14.9. The maximum atomic E-state index is 11.8.